The number of carbonyl (C=O) groups is 2. The fraction of sp³-hybridized carbons (Fsp3) is 0.429. The topological polar surface area (TPSA) is 110 Å². The summed E-state index contributed by atoms with van der Waals surface area (Å²) < 4.78 is 0. The van der Waals surface area contributed by atoms with E-state index in [9.17, 15) is 14.7 Å². The van der Waals surface area contributed by atoms with E-state index < -0.39 is 24.0 Å². The SMILES string of the molecule is CCc1ccc(C(ON)C(CCC(=O)O)C(=O)O)cc1. The Morgan fingerprint density at radius 3 is 2.25 bits per heavy atom. The summed E-state index contributed by atoms with van der Waals surface area (Å²) in [4.78, 5) is 26.7. The number of nitrogens with two attached hydrogens (primary N) is 1. The normalized spacial score (nSPS) is 13.7. The maximum atomic E-state index is 11.3. The second-order valence-electron chi connectivity index (χ2n) is 4.53. The molecule has 1 aromatic carbocycles. The van der Waals surface area contributed by atoms with Gasteiger partial charge < -0.3 is 10.2 Å². The van der Waals surface area contributed by atoms with Gasteiger partial charge in [-0.25, -0.2) is 5.90 Å². The number of hydrogen-bond acceptors (Lipinski definition) is 4. The predicted octanol–water partition coefficient (Wildman–Crippen LogP) is 1.75. The van der Waals surface area contributed by atoms with Crippen LogP contribution in [0.2, 0.25) is 0 Å². The van der Waals surface area contributed by atoms with Gasteiger partial charge in [-0.1, -0.05) is 31.2 Å². The zero-order valence-electron chi connectivity index (χ0n) is 11.3. The van der Waals surface area contributed by atoms with Gasteiger partial charge in [-0.05, 0) is 24.0 Å². The smallest absolute Gasteiger partial charge is 0.309 e. The van der Waals surface area contributed by atoms with Gasteiger partial charge in [0.1, 0.15) is 6.10 Å². The Kier molecular flexibility index (Phi) is 6.14. The third-order valence-corrected chi connectivity index (χ3v) is 3.21. The largest absolute Gasteiger partial charge is 0.481 e. The van der Waals surface area contributed by atoms with Gasteiger partial charge in [0.2, 0.25) is 0 Å². The lowest BCUT2D eigenvalue weighted by Gasteiger charge is -2.22. The molecule has 0 heterocycles. The molecule has 0 spiro atoms. The van der Waals surface area contributed by atoms with Gasteiger partial charge in [-0.3, -0.25) is 14.4 Å². The number of carboxylic acid groups (broad SMARTS) is 2. The van der Waals surface area contributed by atoms with E-state index in [2.05, 4.69) is 0 Å². The van der Waals surface area contributed by atoms with Crippen LogP contribution >= 0.6 is 0 Å². The van der Waals surface area contributed by atoms with Gasteiger partial charge in [-0.15, -0.1) is 0 Å². The van der Waals surface area contributed by atoms with E-state index in [0.29, 0.717) is 5.56 Å². The second kappa shape index (κ2) is 7.62. The third-order valence-electron chi connectivity index (χ3n) is 3.21. The van der Waals surface area contributed by atoms with Crippen molar-refractivity contribution in [3.05, 3.63) is 35.4 Å². The molecule has 6 nitrogen and oxygen atoms in total. The zero-order chi connectivity index (χ0) is 15.1. The monoisotopic (exact) mass is 281 g/mol. The standard InChI is InChI=1S/C14H19NO5/c1-2-9-3-5-10(6-4-9)13(20-15)11(14(18)19)7-8-12(16)17/h3-6,11,13H,2,7-8,15H2,1H3,(H,16,17)(H,18,19). The van der Waals surface area contributed by atoms with Crippen molar-refractivity contribution in [2.75, 3.05) is 0 Å². The Hall–Kier alpha value is -1.92. The van der Waals surface area contributed by atoms with Crippen LogP contribution in [0.4, 0.5) is 0 Å². The Morgan fingerprint density at radius 2 is 1.85 bits per heavy atom. The highest BCUT2D eigenvalue weighted by Crippen LogP contribution is 2.29. The lowest BCUT2D eigenvalue weighted by Crippen LogP contribution is -2.27. The molecule has 0 saturated carbocycles. The van der Waals surface area contributed by atoms with Crippen LogP contribution in [0.5, 0.6) is 0 Å². The number of aliphatic carboxylic acids is 2. The Labute approximate surface area is 117 Å². The minimum Gasteiger partial charge on any atom is -0.481 e. The van der Waals surface area contributed by atoms with Crippen LogP contribution in [0.15, 0.2) is 24.3 Å². The number of hydrogen-bond donors (Lipinski definition) is 3. The second-order valence-corrected chi connectivity index (χ2v) is 4.53. The highest BCUT2D eigenvalue weighted by atomic mass is 16.6. The van der Waals surface area contributed by atoms with Gasteiger partial charge in [0.05, 0.1) is 5.92 Å². The first-order valence-electron chi connectivity index (χ1n) is 6.38. The van der Waals surface area contributed by atoms with Crippen molar-refractivity contribution < 1.29 is 24.6 Å². The molecular weight excluding hydrogens is 262 g/mol. The van der Waals surface area contributed by atoms with E-state index in [0.717, 1.165) is 12.0 Å². The van der Waals surface area contributed by atoms with Crippen LogP contribution in [0.3, 0.4) is 0 Å². The molecule has 0 radical (unpaired) electrons. The van der Waals surface area contributed by atoms with Gasteiger partial charge in [0.15, 0.2) is 0 Å². The lowest BCUT2D eigenvalue weighted by molar-refractivity contribution is -0.149. The first-order valence-corrected chi connectivity index (χ1v) is 6.38. The molecule has 1 aromatic rings. The number of benzene rings is 1. The van der Waals surface area contributed by atoms with Gasteiger partial charge in [0.25, 0.3) is 0 Å². The van der Waals surface area contributed by atoms with Gasteiger partial charge in [-0.2, -0.15) is 0 Å². The Morgan fingerprint density at radius 1 is 1.25 bits per heavy atom. The van der Waals surface area contributed by atoms with Gasteiger partial charge in [0, 0.05) is 6.42 Å². The van der Waals surface area contributed by atoms with Crippen LogP contribution in [-0.4, -0.2) is 22.2 Å². The first-order chi connectivity index (χ1) is 9.49. The van der Waals surface area contributed by atoms with E-state index in [1.54, 1.807) is 12.1 Å². The summed E-state index contributed by atoms with van der Waals surface area (Å²) >= 11 is 0. The molecule has 0 amide bonds. The van der Waals surface area contributed by atoms with E-state index in [-0.39, 0.29) is 12.8 Å². The summed E-state index contributed by atoms with van der Waals surface area (Å²) in [6.45, 7) is 2.01. The van der Waals surface area contributed by atoms with E-state index in [1.165, 1.54) is 0 Å². The number of aryl methyl sites for hydroxylation is 1. The molecule has 4 N–H and O–H groups in total. The van der Waals surface area contributed by atoms with E-state index in [4.69, 9.17) is 15.8 Å². The molecule has 20 heavy (non-hydrogen) atoms. The van der Waals surface area contributed by atoms with Crippen LogP contribution in [0, 0.1) is 5.92 Å². The molecule has 0 bridgehead atoms. The van der Waals surface area contributed by atoms with Crippen molar-refractivity contribution in [3.8, 4) is 0 Å². The highest BCUT2D eigenvalue weighted by Gasteiger charge is 2.30. The zero-order valence-corrected chi connectivity index (χ0v) is 11.3. The first kappa shape index (κ1) is 16.1. The molecule has 0 aliphatic carbocycles. The molecular formula is C14H19NO5. The van der Waals surface area contributed by atoms with Crippen LogP contribution in [0.25, 0.3) is 0 Å². The third kappa shape index (κ3) is 4.32. The Balaban J connectivity index is 2.93. The van der Waals surface area contributed by atoms with Crippen molar-refractivity contribution in [3.63, 3.8) is 0 Å². The fourth-order valence-corrected chi connectivity index (χ4v) is 2.03. The fourth-order valence-electron chi connectivity index (χ4n) is 2.03. The molecule has 0 aromatic heterocycles. The van der Waals surface area contributed by atoms with Crippen molar-refractivity contribution in [2.24, 2.45) is 11.8 Å². The van der Waals surface area contributed by atoms with E-state index in [1.807, 2.05) is 19.1 Å². The predicted molar refractivity (Wildman–Crippen MR) is 71.8 cm³/mol. The van der Waals surface area contributed by atoms with E-state index >= 15 is 0 Å². The molecule has 0 aliphatic heterocycles. The summed E-state index contributed by atoms with van der Waals surface area (Å²) in [6.07, 6.45) is -0.278. The van der Waals surface area contributed by atoms with Gasteiger partial charge >= 0.3 is 11.9 Å². The summed E-state index contributed by atoms with van der Waals surface area (Å²) in [7, 11) is 0. The van der Waals surface area contributed by atoms with Crippen molar-refractivity contribution in [1.82, 2.24) is 0 Å². The maximum Gasteiger partial charge on any atom is 0.309 e. The summed E-state index contributed by atoms with van der Waals surface area (Å²) in [5.74, 6) is 2.04. The van der Waals surface area contributed by atoms with Crippen molar-refractivity contribution in [2.45, 2.75) is 32.3 Å². The maximum absolute atomic E-state index is 11.3. The summed E-state index contributed by atoms with van der Waals surface area (Å²) in [5.41, 5.74) is 1.74. The number of carboxylic acids is 2. The minimum atomic E-state index is -1.12. The summed E-state index contributed by atoms with van der Waals surface area (Å²) in [5, 5.41) is 17.9. The molecule has 0 saturated heterocycles. The lowest BCUT2D eigenvalue weighted by atomic mass is 9.91. The quantitative estimate of drug-likeness (QED) is 0.626. The molecule has 2 atom stereocenters. The molecule has 2 unspecified atom stereocenters. The molecule has 1 rings (SSSR count). The van der Waals surface area contributed by atoms with Crippen molar-refractivity contribution >= 4 is 11.9 Å². The Bertz CT molecular complexity index is 457. The molecule has 0 aliphatic rings. The minimum absolute atomic E-state index is 0.0396. The van der Waals surface area contributed by atoms with Crippen molar-refractivity contribution in [1.29, 1.82) is 0 Å². The molecule has 0 fully saturated rings. The number of rotatable bonds is 8. The van der Waals surface area contributed by atoms with Crippen LogP contribution < -0.4 is 5.90 Å². The van der Waals surface area contributed by atoms with Crippen LogP contribution in [-0.2, 0) is 20.8 Å². The highest BCUT2D eigenvalue weighted by molar-refractivity contribution is 5.73. The molecule has 110 valence electrons. The average Bonchev–Trinajstić information content (AvgIpc) is 2.43. The summed E-state index contributed by atoms with van der Waals surface area (Å²) in [6, 6.07) is 7.26. The average molecular weight is 281 g/mol. The molecule has 6 heteroatoms. The van der Waals surface area contributed by atoms with Crippen LogP contribution in [0.1, 0.15) is 37.0 Å².